The van der Waals surface area contributed by atoms with Crippen molar-refractivity contribution in [1.29, 1.82) is 0 Å². The summed E-state index contributed by atoms with van der Waals surface area (Å²) in [5, 5.41) is 6.52. The first-order chi connectivity index (χ1) is 9.31. The Bertz CT molecular complexity index is 293. The molecule has 0 radical (unpaired) electrons. The summed E-state index contributed by atoms with van der Waals surface area (Å²) in [6.45, 7) is 10.7. The molecule has 0 aliphatic heterocycles. The largest absolute Gasteiger partial charge is 0.444 e. The molecule has 0 bridgehead atoms. The van der Waals surface area contributed by atoms with Crippen molar-refractivity contribution in [2.75, 3.05) is 6.54 Å². The molecular formula is C16H32N2O2. The predicted molar refractivity (Wildman–Crippen MR) is 82.9 cm³/mol. The van der Waals surface area contributed by atoms with E-state index in [0.29, 0.717) is 18.6 Å². The van der Waals surface area contributed by atoms with Gasteiger partial charge in [-0.1, -0.05) is 19.8 Å². The first-order valence-corrected chi connectivity index (χ1v) is 8.04. The third kappa shape index (κ3) is 6.60. The Kier molecular flexibility index (Phi) is 6.80. The minimum atomic E-state index is -0.434. The average molecular weight is 284 g/mol. The summed E-state index contributed by atoms with van der Waals surface area (Å²) in [7, 11) is 0. The van der Waals surface area contributed by atoms with Crippen molar-refractivity contribution in [2.45, 2.75) is 84.4 Å². The van der Waals surface area contributed by atoms with E-state index in [-0.39, 0.29) is 6.09 Å². The first kappa shape index (κ1) is 17.3. The van der Waals surface area contributed by atoms with Crippen LogP contribution >= 0.6 is 0 Å². The van der Waals surface area contributed by atoms with Gasteiger partial charge in [0.25, 0.3) is 0 Å². The Hall–Kier alpha value is -0.770. The minimum absolute atomic E-state index is 0.318. The topological polar surface area (TPSA) is 50.4 Å². The van der Waals surface area contributed by atoms with E-state index in [1.54, 1.807) is 0 Å². The smallest absolute Gasteiger partial charge is 0.407 e. The third-order valence-corrected chi connectivity index (χ3v) is 3.99. The molecule has 0 saturated heterocycles. The van der Waals surface area contributed by atoms with Crippen molar-refractivity contribution in [1.82, 2.24) is 10.6 Å². The van der Waals surface area contributed by atoms with E-state index in [1.165, 1.54) is 25.7 Å². The molecule has 2 atom stereocenters. The van der Waals surface area contributed by atoms with Gasteiger partial charge in [-0.25, -0.2) is 4.79 Å². The minimum Gasteiger partial charge on any atom is -0.444 e. The number of alkyl carbamates (subject to hydrolysis) is 1. The molecule has 20 heavy (non-hydrogen) atoms. The second-order valence-corrected chi connectivity index (χ2v) is 6.99. The molecular weight excluding hydrogens is 252 g/mol. The maximum Gasteiger partial charge on any atom is 0.407 e. The van der Waals surface area contributed by atoms with Gasteiger partial charge in [0.2, 0.25) is 0 Å². The highest BCUT2D eigenvalue weighted by Crippen LogP contribution is 2.27. The van der Waals surface area contributed by atoms with Gasteiger partial charge >= 0.3 is 6.09 Å². The molecule has 1 aliphatic rings. The van der Waals surface area contributed by atoms with Crippen LogP contribution in [-0.4, -0.2) is 30.3 Å². The van der Waals surface area contributed by atoms with Gasteiger partial charge in [-0.3, -0.25) is 0 Å². The summed E-state index contributed by atoms with van der Waals surface area (Å²) >= 11 is 0. The molecule has 1 amide bonds. The fourth-order valence-corrected chi connectivity index (χ4v) is 2.81. The van der Waals surface area contributed by atoms with Gasteiger partial charge in [0.15, 0.2) is 0 Å². The molecule has 2 unspecified atom stereocenters. The van der Waals surface area contributed by atoms with Crippen LogP contribution in [0.5, 0.6) is 0 Å². The van der Waals surface area contributed by atoms with Gasteiger partial charge in [0.1, 0.15) is 5.60 Å². The Morgan fingerprint density at radius 3 is 2.40 bits per heavy atom. The van der Waals surface area contributed by atoms with Crippen LogP contribution in [0.25, 0.3) is 0 Å². The number of hydrogen-bond donors (Lipinski definition) is 2. The van der Waals surface area contributed by atoms with E-state index in [2.05, 4.69) is 24.5 Å². The highest BCUT2D eigenvalue weighted by molar-refractivity contribution is 5.67. The van der Waals surface area contributed by atoms with Crippen molar-refractivity contribution in [3.8, 4) is 0 Å². The zero-order chi connectivity index (χ0) is 15.2. The van der Waals surface area contributed by atoms with Crippen LogP contribution in [0, 0.1) is 5.92 Å². The SMILES string of the molecule is CCC(CNC(=O)OC(C)(C)C)NC(C)C1CCCC1. The van der Waals surface area contributed by atoms with E-state index in [4.69, 9.17) is 4.74 Å². The first-order valence-electron chi connectivity index (χ1n) is 8.04. The average Bonchev–Trinajstić information content (AvgIpc) is 2.85. The molecule has 1 aliphatic carbocycles. The van der Waals surface area contributed by atoms with Crippen LogP contribution in [0.4, 0.5) is 4.79 Å². The molecule has 2 N–H and O–H groups in total. The Labute approximate surface area is 124 Å². The van der Waals surface area contributed by atoms with Crippen molar-refractivity contribution in [3.63, 3.8) is 0 Å². The van der Waals surface area contributed by atoms with Gasteiger partial charge in [0.05, 0.1) is 0 Å². The van der Waals surface area contributed by atoms with Gasteiger partial charge in [-0.15, -0.1) is 0 Å². The highest BCUT2D eigenvalue weighted by Gasteiger charge is 2.23. The summed E-state index contributed by atoms with van der Waals surface area (Å²) < 4.78 is 5.26. The van der Waals surface area contributed by atoms with Crippen LogP contribution in [0.3, 0.4) is 0 Å². The number of rotatable bonds is 6. The molecule has 0 spiro atoms. The van der Waals surface area contributed by atoms with Gasteiger partial charge < -0.3 is 15.4 Å². The van der Waals surface area contributed by atoms with Gasteiger partial charge in [0, 0.05) is 18.6 Å². The van der Waals surface area contributed by atoms with Crippen molar-refractivity contribution >= 4 is 6.09 Å². The molecule has 118 valence electrons. The number of carbonyl (C=O) groups excluding carboxylic acids is 1. The van der Waals surface area contributed by atoms with Crippen LogP contribution in [-0.2, 0) is 4.74 Å². The van der Waals surface area contributed by atoms with Crippen molar-refractivity contribution in [3.05, 3.63) is 0 Å². The van der Waals surface area contributed by atoms with Crippen LogP contribution in [0.1, 0.15) is 66.7 Å². The Balaban J connectivity index is 2.29. The summed E-state index contributed by atoms with van der Waals surface area (Å²) in [5.41, 5.74) is -0.434. The van der Waals surface area contributed by atoms with Crippen LogP contribution in [0.15, 0.2) is 0 Å². The van der Waals surface area contributed by atoms with Crippen LogP contribution < -0.4 is 10.6 Å². The quantitative estimate of drug-likeness (QED) is 0.785. The summed E-state index contributed by atoms with van der Waals surface area (Å²) in [5.74, 6) is 0.797. The fourth-order valence-electron chi connectivity index (χ4n) is 2.81. The predicted octanol–water partition coefficient (Wildman–Crippen LogP) is 3.46. The lowest BCUT2D eigenvalue weighted by molar-refractivity contribution is 0.0521. The third-order valence-electron chi connectivity index (χ3n) is 3.99. The normalized spacial score (nSPS) is 19.6. The van der Waals surface area contributed by atoms with E-state index in [0.717, 1.165) is 12.3 Å². The number of ether oxygens (including phenoxy) is 1. The fraction of sp³-hybridized carbons (Fsp3) is 0.938. The van der Waals surface area contributed by atoms with E-state index in [9.17, 15) is 4.79 Å². The van der Waals surface area contributed by atoms with Gasteiger partial charge in [-0.05, 0) is 52.9 Å². The van der Waals surface area contributed by atoms with Crippen molar-refractivity contribution in [2.24, 2.45) is 5.92 Å². The lowest BCUT2D eigenvalue weighted by Crippen LogP contribution is -2.47. The second-order valence-electron chi connectivity index (χ2n) is 6.99. The van der Waals surface area contributed by atoms with E-state index < -0.39 is 5.60 Å². The lowest BCUT2D eigenvalue weighted by Gasteiger charge is -2.27. The number of amides is 1. The highest BCUT2D eigenvalue weighted by atomic mass is 16.6. The maximum absolute atomic E-state index is 11.7. The summed E-state index contributed by atoms with van der Waals surface area (Å²) in [6, 6.07) is 0.848. The Morgan fingerprint density at radius 2 is 1.90 bits per heavy atom. The molecule has 4 heteroatoms. The lowest BCUT2D eigenvalue weighted by atomic mass is 9.98. The van der Waals surface area contributed by atoms with Crippen molar-refractivity contribution < 1.29 is 9.53 Å². The standard InChI is InChI=1S/C16H32N2O2/c1-6-14(11-17-15(19)20-16(3,4)5)18-12(2)13-9-7-8-10-13/h12-14,18H,6-11H2,1-5H3,(H,17,19). The van der Waals surface area contributed by atoms with Crippen LogP contribution in [0.2, 0.25) is 0 Å². The molecule has 1 saturated carbocycles. The molecule has 0 heterocycles. The van der Waals surface area contributed by atoms with E-state index in [1.807, 2.05) is 20.8 Å². The second kappa shape index (κ2) is 7.87. The molecule has 1 rings (SSSR count). The van der Waals surface area contributed by atoms with E-state index >= 15 is 0 Å². The zero-order valence-corrected chi connectivity index (χ0v) is 13.8. The number of hydrogen-bond acceptors (Lipinski definition) is 3. The molecule has 1 fully saturated rings. The molecule has 0 aromatic heterocycles. The monoisotopic (exact) mass is 284 g/mol. The number of carbonyl (C=O) groups is 1. The molecule has 0 aromatic carbocycles. The molecule has 0 aromatic rings. The summed E-state index contributed by atoms with van der Waals surface area (Å²) in [6.07, 6.45) is 6.08. The number of nitrogens with one attached hydrogen (secondary N) is 2. The maximum atomic E-state index is 11.7. The summed E-state index contributed by atoms with van der Waals surface area (Å²) in [4.78, 5) is 11.7. The van der Waals surface area contributed by atoms with Gasteiger partial charge in [-0.2, -0.15) is 0 Å². The Morgan fingerprint density at radius 1 is 1.30 bits per heavy atom. The molecule has 4 nitrogen and oxygen atoms in total. The zero-order valence-electron chi connectivity index (χ0n) is 13.8.